The lowest BCUT2D eigenvalue weighted by Crippen LogP contribution is -2.11. The number of aromatic nitrogens is 2. The maximum Gasteiger partial charge on any atom is 0.350 e. The van der Waals surface area contributed by atoms with Crippen LogP contribution in [0.2, 0.25) is 5.02 Å². The van der Waals surface area contributed by atoms with Gasteiger partial charge in [0.25, 0.3) is 5.91 Å². The molecule has 0 saturated heterocycles. The summed E-state index contributed by atoms with van der Waals surface area (Å²) in [5.41, 5.74) is 2.12. The van der Waals surface area contributed by atoms with Crippen molar-refractivity contribution in [1.82, 2.24) is 9.97 Å². The van der Waals surface area contributed by atoms with Gasteiger partial charge >= 0.3 is 5.97 Å². The van der Waals surface area contributed by atoms with Crippen molar-refractivity contribution in [2.45, 2.75) is 33.8 Å². The topological polar surface area (TPSA) is 90.4 Å². The molecular formula is C20H20ClN3O4S2. The van der Waals surface area contributed by atoms with Gasteiger partial charge in [-0.05, 0) is 44.0 Å². The van der Waals surface area contributed by atoms with Crippen LogP contribution in [0.4, 0.5) is 5.13 Å². The van der Waals surface area contributed by atoms with Crippen LogP contribution in [0.5, 0.6) is 5.75 Å². The Labute approximate surface area is 187 Å². The SMILES string of the molecule is CCc1nc(NC(=O)c2sc(COc3ccc(Cl)c(C)c3)nc2C)sc1C(=O)OC. The molecule has 10 heteroatoms. The number of benzene rings is 1. The fourth-order valence-corrected chi connectivity index (χ4v) is 4.59. The normalized spacial score (nSPS) is 10.7. The molecular weight excluding hydrogens is 446 g/mol. The highest BCUT2D eigenvalue weighted by atomic mass is 35.5. The van der Waals surface area contributed by atoms with Gasteiger partial charge in [0.1, 0.15) is 27.1 Å². The van der Waals surface area contributed by atoms with Gasteiger partial charge in [-0.3, -0.25) is 10.1 Å². The molecule has 3 aromatic rings. The second-order valence-electron chi connectivity index (χ2n) is 6.32. The largest absolute Gasteiger partial charge is 0.486 e. The number of nitrogens with one attached hydrogen (secondary N) is 1. The van der Waals surface area contributed by atoms with E-state index in [0.717, 1.165) is 16.9 Å². The molecule has 0 radical (unpaired) electrons. The molecule has 2 heterocycles. The smallest absolute Gasteiger partial charge is 0.350 e. The Kier molecular flexibility index (Phi) is 7.06. The molecule has 2 aromatic heterocycles. The van der Waals surface area contributed by atoms with E-state index in [1.54, 1.807) is 19.1 Å². The van der Waals surface area contributed by atoms with Gasteiger partial charge in [-0.2, -0.15) is 0 Å². The summed E-state index contributed by atoms with van der Waals surface area (Å²) in [6.07, 6.45) is 0.558. The molecule has 0 atom stereocenters. The summed E-state index contributed by atoms with van der Waals surface area (Å²) in [7, 11) is 1.31. The highest BCUT2D eigenvalue weighted by Gasteiger charge is 2.21. The molecule has 1 N–H and O–H groups in total. The van der Waals surface area contributed by atoms with Gasteiger partial charge in [0, 0.05) is 5.02 Å². The maximum absolute atomic E-state index is 12.7. The van der Waals surface area contributed by atoms with Gasteiger partial charge in [-0.15, -0.1) is 11.3 Å². The fraction of sp³-hybridized carbons (Fsp3) is 0.300. The summed E-state index contributed by atoms with van der Waals surface area (Å²) in [4.78, 5) is 34.2. The number of rotatable bonds is 7. The first kappa shape index (κ1) is 22.2. The van der Waals surface area contributed by atoms with Crippen molar-refractivity contribution < 1.29 is 19.1 Å². The zero-order chi connectivity index (χ0) is 21.8. The quantitative estimate of drug-likeness (QED) is 0.491. The van der Waals surface area contributed by atoms with Gasteiger partial charge < -0.3 is 9.47 Å². The lowest BCUT2D eigenvalue weighted by Gasteiger charge is -2.05. The Morgan fingerprint density at radius 3 is 2.60 bits per heavy atom. The molecule has 1 amide bonds. The fourth-order valence-electron chi connectivity index (χ4n) is 2.63. The number of carbonyl (C=O) groups is 2. The molecule has 0 aliphatic heterocycles. The van der Waals surface area contributed by atoms with E-state index in [0.29, 0.717) is 48.5 Å². The molecule has 0 aliphatic carbocycles. The van der Waals surface area contributed by atoms with Crippen LogP contribution in [0.1, 0.15) is 48.2 Å². The van der Waals surface area contributed by atoms with Crippen molar-refractivity contribution in [3.05, 3.63) is 54.9 Å². The number of thiazole rings is 2. The lowest BCUT2D eigenvalue weighted by atomic mass is 10.2. The molecule has 0 unspecified atom stereocenters. The lowest BCUT2D eigenvalue weighted by molar-refractivity contribution is 0.0604. The number of amides is 1. The Hall–Kier alpha value is -2.49. The standard InChI is InChI=1S/C20H20ClN3O4S2/c1-5-14-17(19(26)27-4)30-20(23-14)24-18(25)16-11(3)22-15(29-16)9-28-12-6-7-13(21)10(2)8-12/h6-8H,5,9H2,1-4H3,(H,23,24,25). The minimum atomic E-state index is -0.462. The molecule has 3 rings (SSSR count). The van der Waals surface area contributed by atoms with E-state index in [1.165, 1.54) is 18.4 Å². The van der Waals surface area contributed by atoms with Crippen molar-refractivity contribution in [3.63, 3.8) is 0 Å². The van der Waals surface area contributed by atoms with Gasteiger partial charge in [0.05, 0.1) is 18.5 Å². The van der Waals surface area contributed by atoms with E-state index in [4.69, 9.17) is 21.1 Å². The zero-order valence-corrected chi connectivity index (χ0v) is 19.3. The van der Waals surface area contributed by atoms with Crippen LogP contribution in [0.3, 0.4) is 0 Å². The van der Waals surface area contributed by atoms with E-state index in [9.17, 15) is 9.59 Å². The molecule has 0 spiro atoms. The van der Waals surface area contributed by atoms with E-state index < -0.39 is 5.97 Å². The van der Waals surface area contributed by atoms with E-state index in [-0.39, 0.29) is 12.5 Å². The van der Waals surface area contributed by atoms with E-state index in [1.807, 2.05) is 19.9 Å². The number of hydrogen-bond donors (Lipinski definition) is 1. The molecule has 1 aromatic carbocycles. The van der Waals surface area contributed by atoms with Gasteiger partial charge in [-0.1, -0.05) is 29.9 Å². The summed E-state index contributed by atoms with van der Waals surface area (Å²) >= 11 is 8.37. The van der Waals surface area contributed by atoms with Gasteiger partial charge in [0.15, 0.2) is 5.13 Å². The predicted octanol–water partition coefficient (Wildman–Crippen LogP) is 5.05. The van der Waals surface area contributed by atoms with Crippen LogP contribution in [0, 0.1) is 13.8 Å². The number of ether oxygens (including phenoxy) is 2. The van der Waals surface area contributed by atoms with Crippen LogP contribution in [0.25, 0.3) is 0 Å². The summed E-state index contributed by atoms with van der Waals surface area (Å²) in [6.45, 7) is 5.79. The number of hydrogen-bond acceptors (Lipinski definition) is 8. The minimum Gasteiger partial charge on any atom is -0.486 e. The highest BCUT2D eigenvalue weighted by molar-refractivity contribution is 7.18. The van der Waals surface area contributed by atoms with E-state index >= 15 is 0 Å². The number of nitrogens with zero attached hydrogens (tertiary/aromatic N) is 2. The highest BCUT2D eigenvalue weighted by Crippen LogP contribution is 2.27. The molecule has 30 heavy (non-hydrogen) atoms. The third-order valence-electron chi connectivity index (χ3n) is 4.16. The summed E-state index contributed by atoms with van der Waals surface area (Å²) in [6, 6.07) is 5.42. The maximum atomic E-state index is 12.7. The molecule has 0 saturated carbocycles. The summed E-state index contributed by atoms with van der Waals surface area (Å²) < 4.78 is 10.5. The van der Waals surface area contributed by atoms with Crippen molar-refractivity contribution in [2.75, 3.05) is 12.4 Å². The van der Waals surface area contributed by atoms with Gasteiger partial charge in [-0.25, -0.2) is 14.8 Å². The number of aryl methyl sites for hydroxylation is 3. The average Bonchev–Trinajstić information content (AvgIpc) is 3.31. The van der Waals surface area contributed by atoms with Gasteiger partial charge in [0.2, 0.25) is 0 Å². The van der Waals surface area contributed by atoms with Crippen molar-refractivity contribution in [3.8, 4) is 5.75 Å². The second-order valence-corrected chi connectivity index (χ2v) is 8.81. The number of halogens is 1. The zero-order valence-electron chi connectivity index (χ0n) is 16.9. The van der Waals surface area contributed by atoms with Crippen molar-refractivity contribution in [2.24, 2.45) is 0 Å². The second kappa shape index (κ2) is 9.55. The van der Waals surface area contributed by atoms with Crippen LogP contribution >= 0.6 is 34.3 Å². The van der Waals surface area contributed by atoms with Crippen molar-refractivity contribution >= 4 is 51.3 Å². The molecule has 7 nitrogen and oxygen atoms in total. The monoisotopic (exact) mass is 465 g/mol. The Balaban J connectivity index is 1.70. The number of esters is 1. The Bertz CT molecular complexity index is 1090. The molecule has 0 aliphatic rings. The minimum absolute atomic E-state index is 0.240. The number of methoxy groups -OCH3 is 1. The average molecular weight is 466 g/mol. The number of anilines is 1. The first-order valence-electron chi connectivity index (χ1n) is 9.07. The van der Waals surface area contributed by atoms with Crippen LogP contribution in [0.15, 0.2) is 18.2 Å². The third kappa shape index (κ3) is 4.97. The Morgan fingerprint density at radius 2 is 1.93 bits per heavy atom. The summed E-state index contributed by atoms with van der Waals surface area (Å²) in [5.74, 6) is -0.108. The summed E-state index contributed by atoms with van der Waals surface area (Å²) in [5, 5.41) is 4.45. The number of carbonyl (C=O) groups excluding carboxylic acids is 2. The predicted molar refractivity (Wildman–Crippen MR) is 118 cm³/mol. The first-order chi connectivity index (χ1) is 14.3. The first-order valence-corrected chi connectivity index (χ1v) is 11.1. The molecule has 0 bridgehead atoms. The molecule has 0 fully saturated rings. The third-order valence-corrected chi connectivity index (χ3v) is 6.71. The van der Waals surface area contributed by atoms with E-state index in [2.05, 4.69) is 15.3 Å². The Morgan fingerprint density at radius 1 is 1.17 bits per heavy atom. The van der Waals surface area contributed by atoms with Crippen molar-refractivity contribution in [1.29, 1.82) is 0 Å². The van der Waals surface area contributed by atoms with Crippen LogP contribution in [-0.2, 0) is 17.8 Å². The van der Waals surface area contributed by atoms with Crippen LogP contribution < -0.4 is 10.1 Å². The molecule has 158 valence electrons. The van der Waals surface area contributed by atoms with Crippen LogP contribution in [-0.4, -0.2) is 29.0 Å².